The molecule has 0 aromatic carbocycles. The van der Waals surface area contributed by atoms with Crippen LogP contribution in [0.25, 0.3) is 0 Å². The first-order valence-corrected chi connectivity index (χ1v) is 9.01. The van der Waals surface area contributed by atoms with Gasteiger partial charge in [-0.2, -0.15) is 0 Å². The maximum atomic E-state index is 10.2. The monoisotopic (exact) mass is 298 g/mol. The zero-order valence-electron chi connectivity index (χ0n) is 15.2. The van der Waals surface area contributed by atoms with Gasteiger partial charge in [-0.3, -0.25) is 4.90 Å². The van der Waals surface area contributed by atoms with E-state index in [9.17, 15) is 5.11 Å². The van der Waals surface area contributed by atoms with Crippen molar-refractivity contribution >= 4 is 0 Å². The van der Waals surface area contributed by atoms with E-state index in [-0.39, 0.29) is 12.1 Å². The van der Waals surface area contributed by atoms with E-state index in [1.54, 1.807) is 0 Å². The van der Waals surface area contributed by atoms with Crippen molar-refractivity contribution in [2.24, 2.45) is 11.8 Å². The molecule has 0 aromatic rings. The molecule has 21 heavy (non-hydrogen) atoms. The van der Waals surface area contributed by atoms with Crippen molar-refractivity contribution in [2.45, 2.75) is 84.8 Å². The smallest absolute Gasteiger partial charge is 0.0628 e. The molecule has 3 heteroatoms. The topological polar surface area (TPSA) is 35.5 Å². The fourth-order valence-electron chi connectivity index (χ4n) is 3.71. The Morgan fingerprint density at radius 2 is 1.71 bits per heavy atom. The van der Waals surface area contributed by atoms with Gasteiger partial charge in [0.15, 0.2) is 0 Å². The van der Waals surface area contributed by atoms with Crippen LogP contribution in [0.5, 0.6) is 0 Å². The van der Waals surface area contributed by atoms with Crippen LogP contribution in [0.1, 0.15) is 67.2 Å². The lowest BCUT2D eigenvalue weighted by Gasteiger charge is -2.43. The van der Waals surface area contributed by atoms with Gasteiger partial charge < -0.3 is 10.4 Å². The zero-order valence-corrected chi connectivity index (χ0v) is 15.2. The highest BCUT2D eigenvalue weighted by Gasteiger charge is 2.46. The summed E-state index contributed by atoms with van der Waals surface area (Å²) in [6, 6.07) is 1.05. The second-order valence-corrected chi connectivity index (χ2v) is 7.68. The summed E-state index contributed by atoms with van der Waals surface area (Å²) in [6.07, 6.45) is 4.91. The number of hydrogen-bond donors (Lipinski definition) is 2. The van der Waals surface area contributed by atoms with Gasteiger partial charge in [-0.25, -0.2) is 0 Å². The van der Waals surface area contributed by atoms with Crippen LogP contribution in [0, 0.1) is 11.8 Å². The van der Waals surface area contributed by atoms with Gasteiger partial charge in [-0.05, 0) is 37.5 Å². The highest BCUT2D eigenvalue weighted by Crippen LogP contribution is 2.40. The Morgan fingerprint density at radius 1 is 1.14 bits per heavy atom. The standard InChI is InChI=1S/C18H38N2O/c1-7-17(8-2)20(11-14(3)4)12-18(13-21,16-9-10-16)19-15(5)6/h14-17,19,21H,7-13H2,1-6H3. The van der Waals surface area contributed by atoms with Crippen molar-refractivity contribution in [3.8, 4) is 0 Å². The fourth-order valence-corrected chi connectivity index (χ4v) is 3.71. The molecule has 0 spiro atoms. The fraction of sp³-hybridized carbons (Fsp3) is 1.00. The average Bonchev–Trinajstić information content (AvgIpc) is 3.22. The van der Waals surface area contributed by atoms with Gasteiger partial charge in [0.1, 0.15) is 0 Å². The Morgan fingerprint density at radius 3 is 2.05 bits per heavy atom. The molecule has 0 saturated heterocycles. The lowest BCUT2D eigenvalue weighted by Crippen LogP contribution is -2.61. The normalized spacial score (nSPS) is 19.0. The molecule has 1 unspecified atom stereocenters. The Hall–Kier alpha value is -0.120. The molecule has 1 fully saturated rings. The molecule has 0 bridgehead atoms. The first-order chi connectivity index (χ1) is 9.88. The molecule has 1 aliphatic rings. The minimum Gasteiger partial charge on any atom is -0.394 e. The zero-order chi connectivity index (χ0) is 16.0. The summed E-state index contributed by atoms with van der Waals surface area (Å²) in [5.41, 5.74) is -0.106. The van der Waals surface area contributed by atoms with Gasteiger partial charge in [0, 0.05) is 25.2 Å². The molecule has 126 valence electrons. The van der Waals surface area contributed by atoms with Gasteiger partial charge in [-0.15, -0.1) is 0 Å². The summed E-state index contributed by atoms with van der Waals surface area (Å²) >= 11 is 0. The second-order valence-electron chi connectivity index (χ2n) is 7.68. The van der Waals surface area contributed by atoms with Gasteiger partial charge >= 0.3 is 0 Å². The average molecular weight is 299 g/mol. The van der Waals surface area contributed by atoms with Crippen LogP contribution in [0.2, 0.25) is 0 Å². The van der Waals surface area contributed by atoms with Crippen molar-refractivity contribution in [1.82, 2.24) is 10.2 Å². The summed E-state index contributed by atoms with van der Waals surface area (Å²) in [5.74, 6) is 1.31. The van der Waals surface area contributed by atoms with Crippen LogP contribution in [-0.4, -0.2) is 47.3 Å². The second kappa shape index (κ2) is 8.50. The predicted octanol–water partition coefficient (Wildman–Crippen LogP) is 3.27. The Balaban J connectivity index is 2.88. The van der Waals surface area contributed by atoms with Crippen LogP contribution < -0.4 is 5.32 Å². The van der Waals surface area contributed by atoms with Crippen LogP contribution in [0.3, 0.4) is 0 Å². The third-order valence-corrected chi connectivity index (χ3v) is 4.76. The third-order valence-electron chi connectivity index (χ3n) is 4.76. The summed E-state index contributed by atoms with van der Waals surface area (Å²) in [7, 11) is 0. The van der Waals surface area contributed by atoms with E-state index in [1.807, 2.05) is 0 Å². The summed E-state index contributed by atoms with van der Waals surface area (Å²) in [5, 5.41) is 13.9. The molecule has 0 heterocycles. The van der Waals surface area contributed by atoms with Gasteiger partial charge in [0.05, 0.1) is 12.1 Å². The molecule has 0 amide bonds. The lowest BCUT2D eigenvalue weighted by atomic mass is 9.90. The van der Waals surface area contributed by atoms with Crippen molar-refractivity contribution in [2.75, 3.05) is 19.7 Å². The maximum Gasteiger partial charge on any atom is 0.0628 e. The van der Waals surface area contributed by atoms with Gasteiger partial charge in [0.2, 0.25) is 0 Å². The number of nitrogens with one attached hydrogen (secondary N) is 1. The van der Waals surface area contributed by atoms with Crippen LogP contribution in [-0.2, 0) is 0 Å². The van der Waals surface area contributed by atoms with Crippen LogP contribution >= 0.6 is 0 Å². The molecule has 1 aliphatic carbocycles. The van der Waals surface area contributed by atoms with E-state index in [0.717, 1.165) is 13.1 Å². The van der Waals surface area contributed by atoms with Crippen molar-refractivity contribution in [3.63, 3.8) is 0 Å². The van der Waals surface area contributed by atoms with E-state index in [0.29, 0.717) is 23.9 Å². The Bertz CT molecular complexity index is 285. The molecule has 2 N–H and O–H groups in total. The summed E-state index contributed by atoms with van der Waals surface area (Å²) in [4.78, 5) is 2.63. The van der Waals surface area contributed by atoms with E-state index >= 15 is 0 Å². The Kier molecular flexibility index (Phi) is 7.66. The van der Waals surface area contributed by atoms with Crippen LogP contribution in [0.15, 0.2) is 0 Å². The van der Waals surface area contributed by atoms with E-state index in [1.165, 1.54) is 25.7 Å². The molecule has 1 saturated carbocycles. The van der Waals surface area contributed by atoms with Crippen molar-refractivity contribution < 1.29 is 5.11 Å². The van der Waals surface area contributed by atoms with E-state index < -0.39 is 0 Å². The molecule has 1 atom stereocenters. The van der Waals surface area contributed by atoms with Crippen molar-refractivity contribution in [3.05, 3.63) is 0 Å². The molecule has 1 rings (SSSR count). The predicted molar refractivity (Wildman–Crippen MR) is 91.6 cm³/mol. The molecule has 3 nitrogen and oxygen atoms in total. The highest BCUT2D eigenvalue weighted by molar-refractivity contribution is 5.04. The highest BCUT2D eigenvalue weighted by atomic mass is 16.3. The molecule has 0 aromatic heterocycles. The minimum atomic E-state index is -0.106. The first kappa shape index (κ1) is 18.9. The number of rotatable bonds is 11. The van der Waals surface area contributed by atoms with Crippen molar-refractivity contribution in [1.29, 1.82) is 0 Å². The van der Waals surface area contributed by atoms with Crippen LogP contribution in [0.4, 0.5) is 0 Å². The third kappa shape index (κ3) is 5.54. The van der Waals surface area contributed by atoms with E-state index in [4.69, 9.17) is 0 Å². The quantitative estimate of drug-likeness (QED) is 0.614. The molecule has 0 radical (unpaired) electrons. The summed E-state index contributed by atoms with van der Waals surface area (Å²) in [6.45, 7) is 15.9. The first-order valence-electron chi connectivity index (χ1n) is 9.01. The molecular weight excluding hydrogens is 260 g/mol. The lowest BCUT2D eigenvalue weighted by molar-refractivity contribution is 0.0551. The number of hydrogen-bond acceptors (Lipinski definition) is 3. The SMILES string of the molecule is CCC(CC)N(CC(C)C)CC(CO)(NC(C)C)C1CC1. The van der Waals surface area contributed by atoms with E-state index in [2.05, 4.69) is 51.8 Å². The summed E-state index contributed by atoms with van der Waals surface area (Å²) < 4.78 is 0. The van der Waals surface area contributed by atoms with Gasteiger partial charge in [0.25, 0.3) is 0 Å². The minimum absolute atomic E-state index is 0.106. The largest absolute Gasteiger partial charge is 0.394 e. The maximum absolute atomic E-state index is 10.2. The van der Waals surface area contributed by atoms with Gasteiger partial charge in [-0.1, -0.05) is 41.5 Å². The molecule has 0 aliphatic heterocycles. The number of aliphatic hydroxyl groups excluding tert-OH is 1. The Labute approximate surface area is 132 Å². The number of nitrogens with zero attached hydrogens (tertiary/aromatic N) is 1. The molecular formula is C18H38N2O. The number of aliphatic hydroxyl groups is 1.